The minimum Gasteiger partial charge on any atom is -0.352 e. The predicted molar refractivity (Wildman–Crippen MR) is 106 cm³/mol. The van der Waals surface area contributed by atoms with E-state index < -0.39 is 21.9 Å². The van der Waals surface area contributed by atoms with Crippen LogP contribution in [0.5, 0.6) is 0 Å². The summed E-state index contributed by atoms with van der Waals surface area (Å²) < 4.78 is 54.3. The SMILES string of the molecule is CN(c1ccc(F)cc1)S(=O)(=O)N1CCC[C@H](C(=O)NCc2ccc(F)cc2)C1. The number of halogens is 2. The van der Waals surface area contributed by atoms with Crippen LogP contribution in [0.1, 0.15) is 18.4 Å². The Labute approximate surface area is 169 Å². The van der Waals surface area contributed by atoms with Crippen LogP contribution in [0.25, 0.3) is 0 Å². The molecule has 1 fully saturated rings. The second kappa shape index (κ2) is 8.87. The molecular formula is C20H23F2N3O3S. The van der Waals surface area contributed by atoms with Crippen LogP contribution < -0.4 is 9.62 Å². The van der Waals surface area contributed by atoms with E-state index in [1.165, 1.54) is 47.8 Å². The van der Waals surface area contributed by atoms with E-state index >= 15 is 0 Å². The summed E-state index contributed by atoms with van der Waals surface area (Å²) in [5.41, 5.74) is 1.10. The van der Waals surface area contributed by atoms with Crippen molar-refractivity contribution in [2.75, 3.05) is 24.4 Å². The molecule has 2 aromatic rings. The van der Waals surface area contributed by atoms with Gasteiger partial charge in [0, 0.05) is 26.7 Å². The average molecular weight is 423 g/mol. The number of hydrogen-bond donors (Lipinski definition) is 1. The summed E-state index contributed by atoms with van der Waals surface area (Å²) in [7, 11) is -2.44. The molecule has 1 aliphatic rings. The first-order valence-electron chi connectivity index (χ1n) is 9.29. The standard InChI is InChI=1S/C20H23F2N3O3S/c1-24(19-10-8-18(22)9-11-19)29(27,28)25-12-2-3-16(14-25)20(26)23-13-15-4-6-17(21)7-5-15/h4-11,16H,2-3,12-14H2,1H3,(H,23,26)/t16-/m0/s1. The summed E-state index contributed by atoms with van der Waals surface area (Å²) in [4.78, 5) is 12.5. The van der Waals surface area contributed by atoms with E-state index in [0.29, 0.717) is 25.1 Å². The normalized spacial score (nSPS) is 17.7. The van der Waals surface area contributed by atoms with Gasteiger partial charge in [-0.15, -0.1) is 0 Å². The molecule has 156 valence electrons. The number of carbonyl (C=O) groups excluding carboxylic acids is 1. The Kier molecular flexibility index (Phi) is 6.49. The van der Waals surface area contributed by atoms with Gasteiger partial charge < -0.3 is 5.32 Å². The van der Waals surface area contributed by atoms with Gasteiger partial charge in [0.2, 0.25) is 5.91 Å². The van der Waals surface area contributed by atoms with Crippen molar-refractivity contribution in [2.45, 2.75) is 19.4 Å². The molecule has 1 atom stereocenters. The Hall–Kier alpha value is -2.52. The summed E-state index contributed by atoms with van der Waals surface area (Å²) >= 11 is 0. The van der Waals surface area contributed by atoms with E-state index in [9.17, 15) is 22.0 Å². The third-order valence-electron chi connectivity index (χ3n) is 5.00. The largest absolute Gasteiger partial charge is 0.352 e. The molecule has 0 radical (unpaired) electrons. The molecule has 9 heteroatoms. The summed E-state index contributed by atoms with van der Waals surface area (Å²) in [5, 5.41) is 2.79. The third kappa shape index (κ3) is 5.10. The molecule has 1 amide bonds. The van der Waals surface area contributed by atoms with Gasteiger partial charge in [-0.05, 0) is 54.8 Å². The van der Waals surface area contributed by atoms with Gasteiger partial charge in [-0.2, -0.15) is 12.7 Å². The number of rotatable bonds is 6. The first kappa shape index (κ1) is 21.2. The van der Waals surface area contributed by atoms with Crippen molar-refractivity contribution in [1.29, 1.82) is 0 Å². The fourth-order valence-corrected chi connectivity index (χ4v) is 4.72. The Balaban J connectivity index is 1.63. The van der Waals surface area contributed by atoms with E-state index in [-0.39, 0.29) is 24.8 Å². The van der Waals surface area contributed by atoms with Crippen LogP contribution in [0.15, 0.2) is 48.5 Å². The molecule has 2 aromatic carbocycles. The van der Waals surface area contributed by atoms with Gasteiger partial charge in [0.1, 0.15) is 11.6 Å². The van der Waals surface area contributed by atoms with Crippen LogP contribution in [-0.4, -0.2) is 38.8 Å². The molecule has 0 aliphatic carbocycles. The molecule has 1 saturated heterocycles. The second-order valence-electron chi connectivity index (χ2n) is 6.99. The number of nitrogens with one attached hydrogen (secondary N) is 1. The molecule has 0 aromatic heterocycles. The highest BCUT2D eigenvalue weighted by molar-refractivity contribution is 7.90. The number of hydrogen-bond acceptors (Lipinski definition) is 3. The van der Waals surface area contributed by atoms with E-state index in [2.05, 4.69) is 5.32 Å². The number of carbonyl (C=O) groups is 1. The Morgan fingerprint density at radius 3 is 2.31 bits per heavy atom. The van der Waals surface area contributed by atoms with Crippen molar-refractivity contribution < 1.29 is 22.0 Å². The van der Waals surface area contributed by atoms with E-state index in [0.717, 1.165) is 9.87 Å². The van der Waals surface area contributed by atoms with Crippen LogP contribution in [0.4, 0.5) is 14.5 Å². The van der Waals surface area contributed by atoms with Gasteiger partial charge in [-0.25, -0.2) is 8.78 Å². The first-order chi connectivity index (χ1) is 13.8. The van der Waals surface area contributed by atoms with Gasteiger partial charge >= 0.3 is 10.2 Å². The van der Waals surface area contributed by atoms with E-state index in [1.807, 2.05) is 0 Å². The van der Waals surface area contributed by atoms with Crippen molar-refractivity contribution in [3.05, 3.63) is 65.7 Å². The van der Waals surface area contributed by atoms with Crippen molar-refractivity contribution >= 4 is 21.8 Å². The van der Waals surface area contributed by atoms with Gasteiger partial charge in [0.05, 0.1) is 11.6 Å². The summed E-state index contributed by atoms with van der Waals surface area (Å²) in [6.07, 6.45) is 1.15. The fourth-order valence-electron chi connectivity index (χ4n) is 3.26. The maximum Gasteiger partial charge on any atom is 0.303 e. The molecule has 1 aliphatic heterocycles. The fraction of sp³-hybridized carbons (Fsp3) is 0.350. The maximum absolute atomic E-state index is 13.1. The Morgan fingerprint density at radius 2 is 1.69 bits per heavy atom. The topological polar surface area (TPSA) is 69.7 Å². The van der Waals surface area contributed by atoms with Gasteiger partial charge in [-0.3, -0.25) is 9.10 Å². The summed E-state index contributed by atoms with van der Waals surface area (Å²) in [5.74, 6) is -1.51. The lowest BCUT2D eigenvalue weighted by Crippen LogP contribution is -2.49. The Bertz CT molecular complexity index is 950. The third-order valence-corrected chi connectivity index (χ3v) is 6.88. The molecule has 3 rings (SSSR count). The van der Waals surface area contributed by atoms with Crippen LogP contribution in [-0.2, 0) is 21.5 Å². The van der Waals surface area contributed by atoms with Gasteiger partial charge in [0.15, 0.2) is 0 Å². The quantitative estimate of drug-likeness (QED) is 0.777. The molecule has 0 bridgehead atoms. The number of benzene rings is 2. The van der Waals surface area contributed by atoms with Crippen molar-refractivity contribution in [3.63, 3.8) is 0 Å². The molecule has 29 heavy (non-hydrogen) atoms. The summed E-state index contributed by atoms with van der Waals surface area (Å²) in [6, 6.07) is 11.0. The lowest BCUT2D eigenvalue weighted by Gasteiger charge is -2.34. The average Bonchev–Trinajstić information content (AvgIpc) is 2.73. The zero-order valence-electron chi connectivity index (χ0n) is 16.0. The molecule has 6 nitrogen and oxygen atoms in total. The molecule has 0 unspecified atom stereocenters. The molecule has 1 heterocycles. The molecule has 0 saturated carbocycles. The van der Waals surface area contributed by atoms with Gasteiger partial charge in [-0.1, -0.05) is 12.1 Å². The van der Waals surface area contributed by atoms with E-state index in [1.54, 1.807) is 12.1 Å². The first-order valence-corrected chi connectivity index (χ1v) is 10.7. The number of amides is 1. The van der Waals surface area contributed by atoms with Crippen molar-refractivity contribution in [1.82, 2.24) is 9.62 Å². The van der Waals surface area contributed by atoms with E-state index in [4.69, 9.17) is 0 Å². The van der Waals surface area contributed by atoms with Crippen molar-refractivity contribution in [2.24, 2.45) is 5.92 Å². The Morgan fingerprint density at radius 1 is 1.10 bits per heavy atom. The summed E-state index contributed by atoms with van der Waals surface area (Å²) in [6.45, 7) is 0.635. The second-order valence-corrected chi connectivity index (χ2v) is 8.95. The minimum atomic E-state index is -3.84. The zero-order chi connectivity index (χ0) is 21.0. The van der Waals surface area contributed by atoms with Crippen LogP contribution >= 0.6 is 0 Å². The number of nitrogens with zero attached hydrogens (tertiary/aromatic N) is 2. The molecule has 0 spiro atoms. The highest BCUT2D eigenvalue weighted by Gasteiger charge is 2.34. The molecular weight excluding hydrogens is 400 g/mol. The minimum absolute atomic E-state index is 0.0725. The maximum atomic E-state index is 13.1. The van der Waals surface area contributed by atoms with Crippen LogP contribution in [0.3, 0.4) is 0 Å². The lowest BCUT2D eigenvalue weighted by atomic mass is 9.99. The number of piperidine rings is 1. The highest BCUT2D eigenvalue weighted by atomic mass is 32.2. The highest BCUT2D eigenvalue weighted by Crippen LogP contribution is 2.24. The monoisotopic (exact) mass is 423 g/mol. The molecule has 1 N–H and O–H groups in total. The smallest absolute Gasteiger partial charge is 0.303 e. The van der Waals surface area contributed by atoms with Crippen LogP contribution in [0, 0.1) is 17.6 Å². The van der Waals surface area contributed by atoms with Crippen LogP contribution in [0.2, 0.25) is 0 Å². The number of anilines is 1. The zero-order valence-corrected chi connectivity index (χ0v) is 16.8. The van der Waals surface area contributed by atoms with Gasteiger partial charge in [0.25, 0.3) is 0 Å². The van der Waals surface area contributed by atoms with Crippen molar-refractivity contribution in [3.8, 4) is 0 Å². The lowest BCUT2D eigenvalue weighted by molar-refractivity contribution is -0.126. The predicted octanol–water partition coefficient (Wildman–Crippen LogP) is 2.67.